The zero-order valence-corrected chi connectivity index (χ0v) is 5.51. The molecule has 0 saturated heterocycles. The van der Waals surface area contributed by atoms with Gasteiger partial charge in [-0.1, -0.05) is 0 Å². The Morgan fingerprint density at radius 2 is 2.00 bits per heavy atom. The molecule has 0 atom stereocenters. The van der Waals surface area contributed by atoms with Crippen LogP contribution < -0.4 is 5.73 Å². The van der Waals surface area contributed by atoms with Crippen molar-refractivity contribution in [2.24, 2.45) is 5.73 Å². The van der Waals surface area contributed by atoms with Crippen LogP contribution in [-0.2, 0) is 0 Å². The highest BCUT2D eigenvalue weighted by Crippen LogP contribution is 1.89. The zero-order chi connectivity index (χ0) is 6.73. The molecule has 0 aliphatic carbocycles. The third-order valence-corrected chi connectivity index (χ3v) is 1.12. The number of carbonyl (C=O) groups excluding carboxylic acids is 1. The molecule has 3 nitrogen and oxygen atoms in total. The first kappa shape index (κ1) is 7.27. The lowest BCUT2D eigenvalue weighted by molar-refractivity contribution is 0.207. The van der Waals surface area contributed by atoms with Crippen LogP contribution in [0.1, 0.15) is 13.8 Å². The normalized spacial score (nSPS) is 9.50. The van der Waals surface area contributed by atoms with Crippen LogP contribution in [0.2, 0.25) is 0 Å². The van der Waals surface area contributed by atoms with Crippen LogP contribution in [0.15, 0.2) is 0 Å². The minimum absolute atomic E-state index is 0.201. The van der Waals surface area contributed by atoms with Gasteiger partial charge in [-0.05, 0) is 13.8 Å². The maximum Gasteiger partial charge on any atom is 0.314 e. The van der Waals surface area contributed by atoms with Gasteiger partial charge in [-0.15, -0.1) is 0 Å². The van der Waals surface area contributed by atoms with Gasteiger partial charge in [0.05, 0.1) is 0 Å². The van der Waals surface area contributed by atoms with Gasteiger partial charge in [0.2, 0.25) is 0 Å². The molecule has 8 heavy (non-hydrogen) atoms. The van der Waals surface area contributed by atoms with Crippen LogP contribution in [0.5, 0.6) is 0 Å². The number of hydrogen-bond acceptors (Lipinski definition) is 1. The first-order valence-electron chi connectivity index (χ1n) is 2.58. The second-order valence-corrected chi connectivity index (χ2v) is 2.04. The van der Waals surface area contributed by atoms with E-state index in [1.807, 2.05) is 13.8 Å². The van der Waals surface area contributed by atoms with Crippen LogP contribution in [-0.4, -0.2) is 24.0 Å². The van der Waals surface area contributed by atoms with Crippen LogP contribution in [0.3, 0.4) is 0 Å². The Hall–Kier alpha value is -0.730. The van der Waals surface area contributed by atoms with Gasteiger partial charge >= 0.3 is 6.03 Å². The summed E-state index contributed by atoms with van der Waals surface area (Å²) in [4.78, 5) is 11.8. The van der Waals surface area contributed by atoms with Crippen LogP contribution in [0.4, 0.5) is 4.79 Å². The third-order valence-electron chi connectivity index (χ3n) is 1.12. The molecule has 0 aromatic rings. The zero-order valence-electron chi connectivity index (χ0n) is 5.51. The highest BCUT2D eigenvalue weighted by atomic mass is 16.2. The maximum absolute atomic E-state index is 10.3. The summed E-state index contributed by atoms with van der Waals surface area (Å²) in [5.74, 6) is 0. The van der Waals surface area contributed by atoms with Gasteiger partial charge in [0.1, 0.15) is 0 Å². The Labute approximate surface area is 49.5 Å². The monoisotopic (exact) mass is 116 g/mol. The van der Waals surface area contributed by atoms with Gasteiger partial charge in [0.25, 0.3) is 0 Å². The van der Waals surface area contributed by atoms with E-state index in [0.717, 1.165) is 0 Å². The average Bonchev–Trinajstić information content (AvgIpc) is 1.64. The predicted molar refractivity (Wildman–Crippen MR) is 32.5 cm³/mol. The molecular formula is C5H12N2O. The molecule has 2 amide bonds. The van der Waals surface area contributed by atoms with Crippen molar-refractivity contribution in [3.63, 3.8) is 0 Å². The minimum atomic E-state index is -0.375. The molecule has 0 heterocycles. The number of primary amides is 1. The number of hydrogen-bond donors (Lipinski definition) is 1. The van der Waals surface area contributed by atoms with Crippen molar-refractivity contribution in [1.29, 1.82) is 0 Å². The van der Waals surface area contributed by atoms with E-state index in [4.69, 9.17) is 5.73 Å². The molecule has 0 unspecified atom stereocenters. The van der Waals surface area contributed by atoms with Crippen LogP contribution >= 0.6 is 0 Å². The topological polar surface area (TPSA) is 46.3 Å². The van der Waals surface area contributed by atoms with E-state index in [-0.39, 0.29) is 12.1 Å². The van der Waals surface area contributed by atoms with E-state index in [2.05, 4.69) is 0 Å². The van der Waals surface area contributed by atoms with Gasteiger partial charge in [-0.3, -0.25) is 0 Å². The number of nitrogens with two attached hydrogens (primary N) is 1. The minimum Gasteiger partial charge on any atom is -0.351 e. The Morgan fingerprint density at radius 3 is 2.00 bits per heavy atom. The van der Waals surface area contributed by atoms with E-state index >= 15 is 0 Å². The number of rotatable bonds is 1. The average molecular weight is 116 g/mol. The number of urea groups is 1. The molecular weight excluding hydrogens is 104 g/mol. The molecule has 0 spiro atoms. The SMILES string of the molecule is CC(C)N(C)C(N)=O. The molecule has 0 aromatic carbocycles. The summed E-state index contributed by atoms with van der Waals surface area (Å²) >= 11 is 0. The van der Waals surface area contributed by atoms with Crippen molar-refractivity contribution >= 4 is 6.03 Å². The van der Waals surface area contributed by atoms with Gasteiger partial charge < -0.3 is 10.6 Å². The van der Waals surface area contributed by atoms with Gasteiger partial charge in [0, 0.05) is 13.1 Å². The van der Waals surface area contributed by atoms with Gasteiger partial charge in [0.15, 0.2) is 0 Å². The summed E-state index contributed by atoms with van der Waals surface area (Å²) < 4.78 is 0. The summed E-state index contributed by atoms with van der Waals surface area (Å²) in [5.41, 5.74) is 4.92. The fourth-order valence-corrected chi connectivity index (χ4v) is 0.254. The fraction of sp³-hybridized carbons (Fsp3) is 0.800. The van der Waals surface area contributed by atoms with E-state index in [0.29, 0.717) is 0 Å². The van der Waals surface area contributed by atoms with Crippen molar-refractivity contribution in [2.75, 3.05) is 7.05 Å². The predicted octanol–water partition coefficient (Wildman–Crippen LogP) is 0.405. The van der Waals surface area contributed by atoms with Crippen molar-refractivity contribution in [3.8, 4) is 0 Å². The largest absolute Gasteiger partial charge is 0.351 e. The lowest BCUT2D eigenvalue weighted by Crippen LogP contribution is -2.37. The molecule has 3 heteroatoms. The lowest BCUT2D eigenvalue weighted by atomic mass is 10.4. The quantitative estimate of drug-likeness (QED) is 0.529. The van der Waals surface area contributed by atoms with Crippen LogP contribution in [0, 0.1) is 0 Å². The Bertz CT molecular complexity index is 90.4. The number of amides is 2. The molecule has 0 aliphatic rings. The fourth-order valence-electron chi connectivity index (χ4n) is 0.254. The molecule has 0 bridgehead atoms. The maximum atomic E-state index is 10.3. The summed E-state index contributed by atoms with van der Waals surface area (Å²) in [6.45, 7) is 3.82. The Morgan fingerprint density at radius 1 is 1.62 bits per heavy atom. The smallest absolute Gasteiger partial charge is 0.314 e. The third kappa shape index (κ3) is 1.82. The van der Waals surface area contributed by atoms with Crippen molar-refractivity contribution in [2.45, 2.75) is 19.9 Å². The van der Waals surface area contributed by atoms with E-state index in [1.54, 1.807) is 7.05 Å². The van der Waals surface area contributed by atoms with E-state index in [1.165, 1.54) is 4.90 Å². The van der Waals surface area contributed by atoms with Crippen molar-refractivity contribution in [1.82, 2.24) is 4.90 Å². The van der Waals surface area contributed by atoms with E-state index < -0.39 is 0 Å². The molecule has 0 fully saturated rings. The van der Waals surface area contributed by atoms with Gasteiger partial charge in [-0.2, -0.15) is 0 Å². The standard InChI is InChI=1S/C5H12N2O/c1-4(2)7(3)5(6)8/h4H,1-3H3,(H2,6,8). The van der Waals surface area contributed by atoms with Gasteiger partial charge in [-0.25, -0.2) is 4.79 Å². The van der Waals surface area contributed by atoms with Crippen LogP contribution in [0.25, 0.3) is 0 Å². The summed E-state index contributed by atoms with van der Waals surface area (Å²) in [6.07, 6.45) is 0. The summed E-state index contributed by atoms with van der Waals surface area (Å²) in [5, 5.41) is 0. The highest BCUT2D eigenvalue weighted by molar-refractivity contribution is 5.71. The van der Waals surface area contributed by atoms with E-state index in [9.17, 15) is 4.79 Å². The van der Waals surface area contributed by atoms with Crippen molar-refractivity contribution in [3.05, 3.63) is 0 Å². The summed E-state index contributed by atoms with van der Waals surface area (Å²) in [6, 6.07) is -0.174. The second kappa shape index (κ2) is 2.55. The second-order valence-electron chi connectivity index (χ2n) is 2.04. The molecule has 48 valence electrons. The molecule has 0 aliphatic heterocycles. The van der Waals surface area contributed by atoms with Crippen molar-refractivity contribution < 1.29 is 4.79 Å². The molecule has 0 rings (SSSR count). The number of carbonyl (C=O) groups is 1. The number of nitrogens with zero attached hydrogens (tertiary/aromatic N) is 1. The first-order valence-corrected chi connectivity index (χ1v) is 2.58. The Balaban J connectivity index is 3.64. The molecule has 2 N–H and O–H groups in total. The molecule has 0 aromatic heterocycles. The lowest BCUT2D eigenvalue weighted by Gasteiger charge is -2.17. The first-order chi connectivity index (χ1) is 3.55. The molecule has 0 saturated carbocycles. The Kier molecular flexibility index (Phi) is 2.31. The highest BCUT2D eigenvalue weighted by Gasteiger charge is 2.04. The molecule has 0 radical (unpaired) electrons. The summed E-state index contributed by atoms with van der Waals surface area (Å²) in [7, 11) is 1.67.